The van der Waals surface area contributed by atoms with Crippen molar-refractivity contribution in [1.29, 1.82) is 0 Å². The molecular formula is C21H27FN4O4. The maximum Gasteiger partial charge on any atom is 0.292 e. The minimum absolute atomic E-state index is 0.106. The standard InChI is InChI=1S/C21H27FN4O4/c1-12-14(18(28)20(30)25-21(2,3)8-9-27)11-17(26(12)5)19(29)24-13-6-7-15(22)16(10-13)23-4/h6-7,10-11,23,27H,8-9H2,1-5H3,(H,24,29)(H,25,30). The third kappa shape index (κ3) is 5.04. The van der Waals surface area contributed by atoms with E-state index in [1.54, 1.807) is 34.9 Å². The van der Waals surface area contributed by atoms with Gasteiger partial charge in [-0.2, -0.15) is 0 Å². The van der Waals surface area contributed by atoms with Crippen LogP contribution in [0.4, 0.5) is 15.8 Å². The Morgan fingerprint density at radius 1 is 1.20 bits per heavy atom. The van der Waals surface area contributed by atoms with Crippen molar-refractivity contribution in [3.8, 4) is 0 Å². The molecule has 0 radical (unpaired) electrons. The summed E-state index contributed by atoms with van der Waals surface area (Å²) in [4.78, 5) is 37.7. The molecule has 162 valence electrons. The van der Waals surface area contributed by atoms with Crippen LogP contribution in [-0.2, 0) is 11.8 Å². The zero-order valence-electron chi connectivity index (χ0n) is 17.7. The summed E-state index contributed by atoms with van der Waals surface area (Å²) in [7, 11) is 3.17. The van der Waals surface area contributed by atoms with E-state index >= 15 is 0 Å². The maximum absolute atomic E-state index is 13.6. The van der Waals surface area contributed by atoms with Gasteiger partial charge < -0.3 is 25.6 Å². The number of hydrogen-bond acceptors (Lipinski definition) is 5. The summed E-state index contributed by atoms with van der Waals surface area (Å²) >= 11 is 0. The van der Waals surface area contributed by atoms with Gasteiger partial charge in [0.25, 0.3) is 17.6 Å². The Bertz CT molecular complexity index is 982. The van der Waals surface area contributed by atoms with E-state index in [4.69, 9.17) is 5.11 Å². The molecule has 8 nitrogen and oxygen atoms in total. The van der Waals surface area contributed by atoms with E-state index < -0.39 is 29.0 Å². The molecule has 2 rings (SSSR count). The molecule has 2 aromatic rings. The first-order chi connectivity index (χ1) is 14.0. The predicted molar refractivity (Wildman–Crippen MR) is 112 cm³/mol. The third-order valence-corrected chi connectivity index (χ3v) is 4.90. The van der Waals surface area contributed by atoms with Crippen molar-refractivity contribution in [3.05, 3.63) is 47.0 Å². The van der Waals surface area contributed by atoms with Crippen LogP contribution in [0.3, 0.4) is 0 Å². The molecule has 0 unspecified atom stereocenters. The number of amides is 2. The molecule has 30 heavy (non-hydrogen) atoms. The Hall–Kier alpha value is -3.20. The molecule has 0 saturated carbocycles. The lowest BCUT2D eigenvalue weighted by Gasteiger charge is -2.24. The predicted octanol–water partition coefficient (Wildman–Crippen LogP) is 2.23. The molecule has 2 amide bonds. The summed E-state index contributed by atoms with van der Waals surface area (Å²) in [5.74, 6) is -2.54. The Morgan fingerprint density at radius 3 is 2.47 bits per heavy atom. The summed E-state index contributed by atoms with van der Waals surface area (Å²) in [5.41, 5.74) is 0.589. The average Bonchev–Trinajstić information content (AvgIpc) is 2.97. The van der Waals surface area contributed by atoms with Crippen molar-refractivity contribution in [2.45, 2.75) is 32.7 Å². The van der Waals surface area contributed by atoms with E-state index in [1.807, 2.05) is 0 Å². The zero-order chi connectivity index (χ0) is 22.6. The highest BCUT2D eigenvalue weighted by molar-refractivity contribution is 6.43. The summed E-state index contributed by atoms with van der Waals surface area (Å²) in [6, 6.07) is 5.46. The zero-order valence-corrected chi connectivity index (χ0v) is 17.7. The Balaban J connectivity index is 2.24. The first-order valence-corrected chi connectivity index (χ1v) is 9.43. The number of nitrogens with one attached hydrogen (secondary N) is 3. The number of rotatable bonds is 8. The molecule has 1 aromatic carbocycles. The topological polar surface area (TPSA) is 112 Å². The molecule has 1 aromatic heterocycles. The van der Waals surface area contributed by atoms with Crippen molar-refractivity contribution in [2.24, 2.45) is 7.05 Å². The van der Waals surface area contributed by atoms with Gasteiger partial charge in [-0.1, -0.05) is 0 Å². The van der Waals surface area contributed by atoms with E-state index in [1.165, 1.54) is 28.8 Å². The Morgan fingerprint density at radius 2 is 1.87 bits per heavy atom. The monoisotopic (exact) mass is 418 g/mol. The molecular weight excluding hydrogens is 391 g/mol. The SMILES string of the molecule is CNc1cc(NC(=O)c2cc(C(=O)C(=O)NC(C)(C)CCO)c(C)n2C)ccc1F. The average molecular weight is 418 g/mol. The van der Waals surface area contributed by atoms with Gasteiger partial charge in [0.1, 0.15) is 11.5 Å². The molecule has 0 aliphatic carbocycles. The summed E-state index contributed by atoms with van der Waals surface area (Å²) in [6.07, 6.45) is 0.291. The van der Waals surface area contributed by atoms with Gasteiger partial charge >= 0.3 is 0 Å². The highest BCUT2D eigenvalue weighted by atomic mass is 19.1. The van der Waals surface area contributed by atoms with Crippen molar-refractivity contribution in [3.63, 3.8) is 0 Å². The van der Waals surface area contributed by atoms with Crippen molar-refractivity contribution < 1.29 is 23.9 Å². The smallest absolute Gasteiger partial charge is 0.292 e. The maximum atomic E-state index is 13.6. The molecule has 9 heteroatoms. The second-order valence-corrected chi connectivity index (χ2v) is 7.63. The number of carbonyl (C=O) groups is 3. The van der Waals surface area contributed by atoms with Gasteiger partial charge in [-0.3, -0.25) is 14.4 Å². The van der Waals surface area contributed by atoms with E-state index in [-0.39, 0.29) is 23.6 Å². The molecule has 4 N–H and O–H groups in total. The van der Waals surface area contributed by atoms with Crippen molar-refractivity contribution >= 4 is 29.0 Å². The highest BCUT2D eigenvalue weighted by Gasteiger charge is 2.28. The lowest BCUT2D eigenvalue weighted by atomic mass is 10.0. The Kier molecular flexibility index (Phi) is 6.99. The number of hydrogen-bond donors (Lipinski definition) is 4. The number of halogens is 1. The number of ketones is 1. The number of Topliss-reactive ketones (excluding diaryl/α,β-unsaturated/α-hetero) is 1. The second-order valence-electron chi connectivity index (χ2n) is 7.63. The number of anilines is 2. The van der Waals surface area contributed by atoms with Crippen LogP contribution in [0.25, 0.3) is 0 Å². The van der Waals surface area contributed by atoms with Crippen LogP contribution in [-0.4, -0.2) is 46.5 Å². The number of nitrogens with zero attached hydrogens (tertiary/aromatic N) is 1. The molecule has 1 heterocycles. The van der Waals surface area contributed by atoms with Crippen LogP contribution in [0.5, 0.6) is 0 Å². The third-order valence-electron chi connectivity index (χ3n) is 4.90. The Labute approximate surface area is 174 Å². The van der Waals surface area contributed by atoms with Crippen LogP contribution in [0, 0.1) is 12.7 Å². The van der Waals surface area contributed by atoms with Crippen LogP contribution in [0.15, 0.2) is 24.3 Å². The molecule has 0 aliphatic rings. The van der Waals surface area contributed by atoms with E-state index in [0.717, 1.165) is 0 Å². The quantitative estimate of drug-likeness (QED) is 0.388. The number of carbonyl (C=O) groups excluding carboxylic acids is 3. The second kappa shape index (κ2) is 9.08. The largest absolute Gasteiger partial charge is 0.396 e. The van der Waals surface area contributed by atoms with E-state index in [9.17, 15) is 18.8 Å². The number of aliphatic hydroxyl groups excluding tert-OH is 1. The van der Waals surface area contributed by atoms with Gasteiger partial charge in [0.2, 0.25) is 0 Å². The van der Waals surface area contributed by atoms with E-state index in [2.05, 4.69) is 16.0 Å². The van der Waals surface area contributed by atoms with Crippen LogP contribution >= 0.6 is 0 Å². The van der Waals surface area contributed by atoms with Crippen LogP contribution < -0.4 is 16.0 Å². The van der Waals surface area contributed by atoms with Gasteiger partial charge in [0.15, 0.2) is 0 Å². The number of aliphatic hydroxyl groups is 1. The van der Waals surface area contributed by atoms with Gasteiger partial charge in [-0.15, -0.1) is 0 Å². The summed E-state index contributed by atoms with van der Waals surface area (Å²) in [5, 5.41) is 17.0. The number of aromatic nitrogens is 1. The van der Waals surface area contributed by atoms with Gasteiger partial charge in [-0.25, -0.2) is 4.39 Å². The molecule has 0 bridgehead atoms. The summed E-state index contributed by atoms with van der Waals surface area (Å²) in [6.45, 7) is 4.91. The number of benzene rings is 1. The van der Waals surface area contributed by atoms with Crippen LogP contribution in [0.1, 0.15) is 46.8 Å². The van der Waals surface area contributed by atoms with Gasteiger partial charge in [0, 0.05) is 43.2 Å². The fourth-order valence-electron chi connectivity index (χ4n) is 2.97. The highest BCUT2D eigenvalue weighted by Crippen LogP contribution is 2.21. The fourth-order valence-corrected chi connectivity index (χ4v) is 2.97. The molecule has 0 fully saturated rings. The summed E-state index contributed by atoms with van der Waals surface area (Å²) < 4.78 is 15.1. The molecule has 0 aliphatic heterocycles. The molecule has 0 spiro atoms. The van der Waals surface area contributed by atoms with Crippen molar-refractivity contribution in [2.75, 3.05) is 24.3 Å². The first kappa shape index (κ1) is 23.1. The normalized spacial score (nSPS) is 11.2. The van der Waals surface area contributed by atoms with Gasteiger partial charge in [0.05, 0.1) is 5.69 Å². The lowest BCUT2D eigenvalue weighted by Crippen LogP contribution is -2.47. The first-order valence-electron chi connectivity index (χ1n) is 9.43. The van der Waals surface area contributed by atoms with Gasteiger partial charge in [-0.05, 0) is 51.5 Å². The lowest BCUT2D eigenvalue weighted by molar-refractivity contribution is -0.118. The fraction of sp³-hybridized carbons (Fsp3) is 0.381. The van der Waals surface area contributed by atoms with Crippen molar-refractivity contribution in [1.82, 2.24) is 9.88 Å². The minimum Gasteiger partial charge on any atom is -0.396 e. The minimum atomic E-state index is -0.814. The van der Waals surface area contributed by atoms with Crippen LogP contribution in [0.2, 0.25) is 0 Å². The molecule has 0 atom stereocenters. The van der Waals surface area contributed by atoms with E-state index in [0.29, 0.717) is 17.8 Å². The molecule has 0 saturated heterocycles.